The van der Waals surface area contributed by atoms with Crippen LogP contribution in [0.15, 0.2) is 60.7 Å². The van der Waals surface area contributed by atoms with Crippen molar-refractivity contribution in [2.45, 2.75) is 24.9 Å². The number of amides is 2. The van der Waals surface area contributed by atoms with E-state index in [2.05, 4.69) is 27.5 Å². The molecule has 11 heteroatoms. The molecule has 0 saturated carbocycles. The summed E-state index contributed by atoms with van der Waals surface area (Å²) in [5.74, 6) is -3.51. The Morgan fingerprint density at radius 3 is 1.88 bits per heavy atom. The van der Waals surface area contributed by atoms with Crippen LogP contribution >= 0.6 is 12.6 Å². The van der Waals surface area contributed by atoms with E-state index in [0.29, 0.717) is 0 Å². The maximum absolute atomic E-state index is 12.4. The van der Waals surface area contributed by atoms with Gasteiger partial charge in [0, 0.05) is 0 Å². The van der Waals surface area contributed by atoms with Gasteiger partial charge < -0.3 is 0 Å². The summed E-state index contributed by atoms with van der Waals surface area (Å²) < 4.78 is 5.32. The second kappa shape index (κ2) is 13.7. The normalized spacial score (nSPS) is 12.5. The zero-order valence-corrected chi connectivity index (χ0v) is 20.4. The number of benzene rings is 2. The molecule has 2 aromatic rings. The molecule has 0 unspecified atom stereocenters. The van der Waals surface area contributed by atoms with Crippen LogP contribution < -0.4 is 23.6 Å². The molecule has 0 heterocycles. The first-order chi connectivity index (χ1) is 15.8. The second-order valence-corrected chi connectivity index (χ2v) is 11.5. The van der Waals surface area contributed by atoms with E-state index in [9.17, 15) is 24.3 Å². The van der Waals surface area contributed by atoms with E-state index in [0.717, 1.165) is 8.70 Å². The molecule has 0 aromatic heterocycles. The number of carboxylic acids is 2. The maximum atomic E-state index is 12.4. The third-order valence-corrected chi connectivity index (χ3v) is 9.50. The molecule has 0 aliphatic rings. The van der Waals surface area contributed by atoms with Crippen molar-refractivity contribution in [2.24, 2.45) is 0 Å². The summed E-state index contributed by atoms with van der Waals surface area (Å²) in [6, 6.07) is 17.2. The summed E-state index contributed by atoms with van der Waals surface area (Å²) in [5, 5.41) is 23.1. The number of nitrogens with one attached hydrogen (secondary N) is 3. The Morgan fingerprint density at radius 1 is 0.879 bits per heavy atom. The monoisotopic (exact) mass is 535 g/mol. The van der Waals surface area contributed by atoms with Crippen LogP contribution in [0.5, 0.6) is 0 Å². The van der Waals surface area contributed by atoms with Gasteiger partial charge in [-0.1, -0.05) is 0 Å². The molecule has 0 spiro atoms. The van der Waals surface area contributed by atoms with Crippen LogP contribution in [0.25, 0.3) is 0 Å². The van der Waals surface area contributed by atoms with Crippen molar-refractivity contribution in [1.82, 2.24) is 14.9 Å². The van der Waals surface area contributed by atoms with Gasteiger partial charge in [0.15, 0.2) is 0 Å². The SMILES string of the molecule is O=C(O)CNC(=O)[C@H](CS)NC(=O)CC[C@H](N[As](c1ccccc1)c1ccccc1)C(=O)O. The van der Waals surface area contributed by atoms with Gasteiger partial charge in [-0.15, -0.1) is 0 Å². The number of hydrogen-bond acceptors (Lipinski definition) is 6. The first-order valence-electron chi connectivity index (χ1n) is 10.1. The Morgan fingerprint density at radius 2 is 1.42 bits per heavy atom. The number of carbonyl (C=O) groups is 4. The predicted octanol–water partition coefficient (Wildman–Crippen LogP) is -0.769. The number of carboxylic acid groups (broad SMARTS) is 2. The average Bonchev–Trinajstić information content (AvgIpc) is 2.82. The van der Waals surface area contributed by atoms with Gasteiger partial charge in [-0.05, 0) is 0 Å². The molecule has 0 bridgehead atoms. The number of carbonyl (C=O) groups excluding carboxylic acids is 2. The first-order valence-corrected chi connectivity index (χ1v) is 13.6. The van der Waals surface area contributed by atoms with E-state index in [1.165, 1.54) is 0 Å². The fraction of sp³-hybridized carbons (Fsp3) is 0.273. The van der Waals surface area contributed by atoms with Crippen LogP contribution in [0.1, 0.15) is 12.8 Å². The van der Waals surface area contributed by atoms with E-state index in [1.54, 1.807) is 0 Å². The third kappa shape index (κ3) is 8.92. The van der Waals surface area contributed by atoms with Gasteiger partial charge in [0.05, 0.1) is 0 Å². The Bertz CT molecular complexity index is 908. The fourth-order valence-electron chi connectivity index (χ4n) is 2.87. The zero-order valence-electron chi connectivity index (χ0n) is 17.7. The van der Waals surface area contributed by atoms with Gasteiger partial charge in [0.2, 0.25) is 0 Å². The molecule has 2 aromatic carbocycles. The number of aliphatic carboxylic acids is 2. The van der Waals surface area contributed by atoms with E-state index in [4.69, 9.17) is 5.11 Å². The Hall–Kier alpha value is -2.81. The summed E-state index contributed by atoms with van der Waals surface area (Å²) in [5.41, 5.74) is 0. The molecule has 2 amide bonds. The minimum atomic E-state index is -2.18. The minimum absolute atomic E-state index is 0.0160. The number of hydrogen-bond donors (Lipinski definition) is 6. The molecule has 0 saturated heterocycles. The summed E-state index contributed by atoms with van der Waals surface area (Å²) in [6.45, 7) is -0.574. The molecule has 33 heavy (non-hydrogen) atoms. The van der Waals surface area contributed by atoms with Gasteiger partial charge in [0.1, 0.15) is 0 Å². The first kappa shape index (κ1) is 26.4. The molecule has 5 N–H and O–H groups in total. The van der Waals surface area contributed by atoms with Crippen LogP contribution in [0.4, 0.5) is 0 Å². The molecule has 0 radical (unpaired) electrons. The topological polar surface area (TPSA) is 145 Å². The number of thiol groups is 1. The van der Waals surface area contributed by atoms with Crippen LogP contribution in [-0.4, -0.2) is 73.2 Å². The Labute approximate surface area is 201 Å². The van der Waals surface area contributed by atoms with E-state index < -0.39 is 57.3 Å². The summed E-state index contributed by atoms with van der Waals surface area (Å²) in [4.78, 5) is 46.9. The molecule has 0 fully saturated rings. The summed E-state index contributed by atoms with van der Waals surface area (Å²) in [6.07, 6.45) is -0.117. The van der Waals surface area contributed by atoms with Crippen molar-refractivity contribution in [3.63, 3.8) is 0 Å². The van der Waals surface area contributed by atoms with Crippen LogP contribution in [-0.2, 0) is 19.2 Å². The average molecular weight is 535 g/mol. The fourth-order valence-corrected chi connectivity index (χ4v) is 7.51. The van der Waals surface area contributed by atoms with Crippen molar-refractivity contribution in [2.75, 3.05) is 12.3 Å². The molecule has 0 aliphatic heterocycles. The standard InChI is InChI=1S/C22H26AsN3O6S/c27-19(25-18(14-33)21(30)24-13-20(28)29)12-11-17(22(31)32)26-23(15-7-3-1-4-8-15)16-9-5-2-6-10-16/h1-10,17-18,26,33H,11-14H2,(H,24,30)(H,25,27)(H,28,29)(H,31,32)/t17-,18-/m0/s1. The van der Waals surface area contributed by atoms with Crippen molar-refractivity contribution in [1.29, 1.82) is 0 Å². The van der Waals surface area contributed by atoms with Crippen LogP contribution in [0, 0.1) is 0 Å². The van der Waals surface area contributed by atoms with E-state index in [-0.39, 0.29) is 18.6 Å². The number of rotatable bonds is 13. The van der Waals surface area contributed by atoms with Gasteiger partial charge in [-0.3, -0.25) is 0 Å². The zero-order chi connectivity index (χ0) is 24.2. The van der Waals surface area contributed by atoms with Gasteiger partial charge in [-0.2, -0.15) is 0 Å². The van der Waals surface area contributed by atoms with E-state index >= 15 is 0 Å². The quantitative estimate of drug-likeness (QED) is 0.146. The molecule has 176 valence electrons. The molecule has 0 aliphatic carbocycles. The molecular weight excluding hydrogens is 509 g/mol. The van der Waals surface area contributed by atoms with Crippen molar-refractivity contribution in [3.8, 4) is 0 Å². The Kier molecular flexibility index (Phi) is 11.0. The molecule has 2 rings (SSSR count). The summed E-state index contributed by atoms with van der Waals surface area (Å²) >= 11 is 1.84. The third-order valence-electron chi connectivity index (χ3n) is 4.52. The van der Waals surface area contributed by atoms with Crippen LogP contribution in [0.2, 0.25) is 0 Å². The van der Waals surface area contributed by atoms with E-state index in [1.807, 2.05) is 60.7 Å². The predicted molar refractivity (Wildman–Crippen MR) is 128 cm³/mol. The molecule has 9 nitrogen and oxygen atoms in total. The van der Waals surface area contributed by atoms with Gasteiger partial charge >= 0.3 is 202 Å². The van der Waals surface area contributed by atoms with Crippen molar-refractivity contribution in [3.05, 3.63) is 60.7 Å². The van der Waals surface area contributed by atoms with Gasteiger partial charge in [-0.25, -0.2) is 0 Å². The summed E-state index contributed by atoms with van der Waals surface area (Å²) in [7, 11) is 0. The second-order valence-electron chi connectivity index (χ2n) is 6.98. The van der Waals surface area contributed by atoms with Crippen molar-refractivity contribution < 1.29 is 29.4 Å². The Balaban J connectivity index is 2.04. The van der Waals surface area contributed by atoms with Gasteiger partial charge in [0.25, 0.3) is 0 Å². The van der Waals surface area contributed by atoms with Crippen LogP contribution in [0.3, 0.4) is 0 Å². The molecule has 2 atom stereocenters. The molecular formula is C22H26AsN3O6S. The van der Waals surface area contributed by atoms with Crippen molar-refractivity contribution >= 4 is 60.0 Å².